The Balaban J connectivity index is 1.58. The third kappa shape index (κ3) is 3.90. The standard InChI is InChI=1S/C20H20F2N2O2/c1-14-4-2-3-5-15(14)13-19(25)23-8-10-24(11-9-23)20(26)16-6-7-17(21)18(22)12-16/h2-7,12H,8-11,13H2,1H3. The van der Waals surface area contributed by atoms with Crippen molar-refractivity contribution in [2.24, 2.45) is 0 Å². The van der Waals surface area contributed by atoms with Crippen molar-refractivity contribution in [1.29, 1.82) is 0 Å². The van der Waals surface area contributed by atoms with Gasteiger partial charge in [-0.15, -0.1) is 0 Å². The summed E-state index contributed by atoms with van der Waals surface area (Å²) in [7, 11) is 0. The predicted molar refractivity (Wildman–Crippen MR) is 93.7 cm³/mol. The first-order valence-corrected chi connectivity index (χ1v) is 8.52. The first-order chi connectivity index (χ1) is 12.5. The smallest absolute Gasteiger partial charge is 0.254 e. The van der Waals surface area contributed by atoms with Crippen molar-refractivity contribution >= 4 is 11.8 Å². The minimum absolute atomic E-state index is 0.0271. The van der Waals surface area contributed by atoms with Gasteiger partial charge in [0, 0.05) is 31.7 Å². The van der Waals surface area contributed by atoms with Crippen LogP contribution in [0, 0.1) is 18.6 Å². The summed E-state index contributed by atoms with van der Waals surface area (Å²) >= 11 is 0. The van der Waals surface area contributed by atoms with E-state index in [1.807, 2.05) is 31.2 Å². The molecule has 0 atom stereocenters. The number of aryl methyl sites for hydroxylation is 1. The Labute approximate surface area is 151 Å². The molecule has 26 heavy (non-hydrogen) atoms. The average molecular weight is 358 g/mol. The Morgan fingerprint density at radius 3 is 2.23 bits per heavy atom. The summed E-state index contributed by atoms with van der Waals surface area (Å²) in [5, 5.41) is 0. The summed E-state index contributed by atoms with van der Waals surface area (Å²) in [5.41, 5.74) is 2.19. The minimum atomic E-state index is -1.04. The maximum Gasteiger partial charge on any atom is 0.254 e. The quantitative estimate of drug-likeness (QED) is 0.847. The zero-order chi connectivity index (χ0) is 18.7. The molecule has 0 radical (unpaired) electrons. The van der Waals surface area contributed by atoms with Crippen LogP contribution in [0.1, 0.15) is 21.5 Å². The molecule has 0 saturated carbocycles. The van der Waals surface area contributed by atoms with Gasteiger partial charge in [0.25, 0.3) is 5.91 Å². The molecule has 3 rings (SSSR count). The van der Waals surface area contributed by atoms with Crippen LogP contribution >= 0.6 is 0 Å². The van der Waals surface area contributed by atoms with E-state index in [-0.39, 0.29) is 17.4 Å². The first kappa shape index (κ1) is 18.0. The van der Waals surface area contributed by atoms with E-state index < -0.39 is 11.6 Å². The molecule has 1 saturated heterocycles. The molecule has 2 amide bonds. The normalized spacial score (nSPS) is 14.4. The molecule has 0 aliphatic carbocycles. The van der Waals surface area contributed by atoms with Gasteiger partial charge in [0.05, 0.1) is 6.42 Å². The summed E-state index contributed by atoms with van der Waals surface area (Å²) in [6.07, 6.45) is 0.337. The van der Waals surface area contributed by atoms with E-state index >= 15 is 0 Å². The third-order valence-corrected chi connectivity index (χ3v) is 4.69. The topological polar surface area (TPSA) is 40.6 Å². The number of carbonyl (C=O) groups is 2. The van der Waals surface area contributed by atoms with Crippen LogP contribution in [0.25, 0.3) is 0 Å². The van der Waals surface area contributed by atoms with E-state index in [2.05, 4.69) is 0 Å². The van der Waals surface area contributed by atoms with Crippen molar-refractivity contribution in [3.63, 3.8) is 0 Å². The lowest BCUT2D eigenvalue weighted by molar-refractivity contribution is -0.131. The molecule has 2 aromatic carbocycles. The number of piperazine rings is 1. The Hall–Kier alpha value is -2.76. The number of rotatable bonds is 3. The molecular formula is C20H20F2N2O2. The number of hydrogen-bond donors (Lipinski definition) is 0. The molecule has 1 fully saturated rings. The van der Waals surface area contributed by atoms with Gasteiger partial charge in [0.1, 0.15) is 0 Å². The van der Waals surface area contributed by atoms with Crippen LogP contribution in [0.4, 0.5) is 8.78 Å². The van der Waals surface area contributed by atoms with Gasteiger partial charge >= 0.3 is 0 Å². The third-order valence-electron chi connectivity index (χ3n) is 4.69. The molecule has 0 aromatic heterocycles. The molecule has 0 unspecified atom stereocenters. The van der Waals surface area contributed by atoms with Crippen molar-refractivity contribution < 1.29 is 18.4 Å². The zero-order valence-corrected chi connectivity index (χ0v) is 14.5. The highest BCUT2D eigenvalue weighted by atomic mass is 19.2. The lowest BCUT2D eigenvalue weighted by Crippen LogP contribution is -2.51. The van der Waals surface area contributed by atoms with Gasteiger partial charge < -0.3 is 9.80 Å². The van der Waals surface area contributed by atoms with Crippen LogP contribution in [-0.4, -0.2) is 47.8 Å². The zero-order valence-electron chi connectivity index (χ0n) is 14.5. The summed E-state index contributed by atoms with van der Waals surface area (Å²) in [5.74, 6) is -2.34. The molecule has 136 valence electrons. The predicted octanol–water partition coefficient (Wildman–Crippen LogP) is 2.80. The van der Waals surface area contributed by atoms with E-state index in [1.165, 1.54) is 6.07 Å². The van der Waals surface area contributed by atoms with Crippen LogP contribution < -0.4 is 0 Å². The molecule has 1 heterocycles. The fraction of sp³-hybridized carbons (Fsp3) is 0.300. The van der Waals surface area contributed by atoms with Gasteiger partial charge in [-0.3, -0.25) is 9.59 Å². The first-order valence-electron chi connectivity index (χ1n) is 8.52. The Morgan fingerprint density at radius 1 is 0.923 bits per heavy atom. The number of carbonyl (C=O) groups excluding carboxylic acids is 2. The molecule has 0 bridgehead atoms. The summed E-state index contributed by atoms with van der Waals surface area (Å²) in [6, 6.07) is 10.9. The van der Waals surface area contributed by atoms with Gasteiger partial charge in [-0.2, -0.15) is 0 Å². The maximum absolute atomic E-state index is 13.3. The minimum Gasteiger partial charge on any atom is -0.339 e. The van der Waals surface area contributed by atoms with E-state index in [4.69, 9.17) is 0 Å². The van der Waals surface area contributed by atoms with Gasteiger partial charge in [-0.25, -0.2) is 8.78 Å². The maximum atomic E-state index is 13.3. The average Bonchev–Trinajstić information content (AvgIpc) is 2.65. The highest BCUT2D eigenvalue weighted by Gasteiger charge is 2.25. The number of hydrogen-bond acceptors (Lipinski definition) is 2. The highest BCUT2D eigenvalue weighted by Crippen LogP contribution is 2.14. The molecule has 0 N–H and O–H groups in total. The van der Waals surface area contributed by atoms with Crippen LogP contribution in [0.15, 0.2) is 42.5 Å². The van der Waals surface area contributed by atoms with Gasteiger partial charge in [0.2, 0.25) is 5.91 Å². The number of benzene rings is 2. The molecule has 6 heteroatoms. The van der Waals surface area contributed by atoms with E-state index in [1.54, 1.807) is 9.80 Å². The number of nitrogens with zero attached hydrogens (tertiary/aromatic N) is 2. The second-order valence-corrected chi connectivity index (χ2v) is 6.41. The second-order valence-electron chi connectivity index (χ2n) is 6.41. The SMILES string of the molecule is Cc1ccccc1CC(=O)N1CCN(C(=O)c2ccc(F)c(F)c2)CC1. The lowest BCUT2D eigenvalue weighted by atomic mass is 10.1. The van der Waals surface area contributed by atoms with E-state index in [9.17, 15) is 18.4 Å². The number of halogens is 2. The van der Waals surface area contributed by atoms with E-state index in [0.717, 1.165) is 23.3 Å². The van der Waals surface area contributed by atoms with Crippen molar-refractivity contribution in [3.05, 3.63) is 70.8 Å². The van der Waals surface area contributed by atoms with Gasteiger partial charge in [-0.1, -0.05) is 24.3 Å². The molecule has 1 aliphatic heterocycles. The van der Waals surface area contributed by atoms with Crippen molar-refractivity contribution in [2.75, 3.05) is 26.2 Å². The largest absolute Gasteiger partial charge is 0.339 e. The van der Waals surface area contributed by atoms with Crippen LogP contribution in [0.5, 0.6) is 0 Å². The molecule has 1 aliphatic rings. The second kappa shape index (κ2) is 7.64. The summed E-state index contributed by atoms with van der Waals surface area (Å²) in [6.45, 7) is 3.58. The Bertz CT molecular complexity index is 830. The molecular weight excluding hydrogens is 338 g/mol. The van der Waals surface area contributed by atoms with Crippen molar-refractivity contribution in [1.82, 2.24) is 9.80 Å². The molecule has 0 spiro atoms. The highest BCUT2D eigenvalue weighted by molar-refractivity contribution is 5.94. The molecule has 4 nitrogen and oxygen atoms in total. The van der Waals surface area contributed by atoms with Crippen molar-refractivity contribution in [2.45, 2.75) is 13.3 Å². The fourth-order valence-corrected chi connectivity index (χ4v) is 3.05. The van der Waals surface area contributed by atoms with Crippen LogP contribution in [0.2, 0.25) is 0 Å². The number of amides is 2. The van der Waals surface area contributed by atoms with Crippen LogP contribution in [-0.2, 0) is 11.2 Å². The Kier molecular flexibility index (Phi) is 5.30. The molecule has 2 aromatic rings. The summed E-state index contributed by atoms with van der Waals surface area (Å²) in [4.78, 5) is 28.2. The van der Waals surface area contributed by atoms with Gasteiger partial charge in [0.15, 0.2) is 11.6 Å². The Morgan fingerprint density at radius 2 is 1.58 bits per heavy atom. The lowest BCUT2D eigenvalue weighted by Gasteiger charge is -2.35. The van der Waals surface area contributed by atoms with E-state index in [0.29, 0.717) is 32.6 Å². The fourth-order valence-electron chi connectivity index (χ4n) is 3.05. The van der Waals surface area contributed by atoms with Gasteiger partial charge in [-0.05, 0) is 36.2 Å². The summed E-state index contributed by atoms with van der Waals surface area (Å²) < 4.78 is 26.3. The van der Waals surface area contributed by atoms with Crippen molar-refractivity contribution in [3.8, 4) is 0 Å². The monoisotopic (exact) mass is 358 g/mol. The van der Waals surface area contributed by atoms with Crippen LogP contribution in [0.3, 0.4) is 0 Å².